The van der Waals surface area contributed by atoms with Crippen LogP contribution in [-0.2, 0) is 6.61 Å². The van der Waals surface area contributed by atoms with Crippen molar-refractivity contribution in [2.45, 2.75) is 13.5 Å². The standard InChI is InChI=1S/C15H17NO3/c1-11-5-4-6-12(9-11)19-10-13-15(18-3)14(17-2)7-8-16-13/h4-9H,10H2,1-3H3. The maximum absolute atomic E-state index is 5.72. The molecule has 4 nitrogen and oxygen atoms in total. The monoisotopic (exact) mass is 259 g/mol. The summed E-state index contributed by atoms with van der Waals surface area (Å²) >= 11 is 0. The highest BCUT2D eigenvalue weighted by molar-refractivity contribution is 5.42. The van der Waals surface area contributed by atoms with Crippen LogP contribution in [0.15, 0.2) is 36.5 Å². The number of hydrogen-bond donors (Lipinski definition) is 0. The van der Waals surface area contributed by atoms with Crippen molar-refractivity contribution in [2.75, 3.05) is 14.2 Å². The number of hydrogen-bond acceptors (Lipinski definition) is 4. The predicted octanol–water partition coefficient (Wildman–Crippen LogP) is 2.99. The van der Waals surface area contributed by atoms with E-state index in [1.807, 2.05) is 31.2 Å². The Labute approximate surface area is 113 Å². The van der Waals surface area contributed by atoms with Crippen molar-refractivity contribution in [1.29, 1.82) is 0 Å². The average molecular weight is 259 g/mol. The second kappa shape index (κ2) is 6.09. The second-order valence-corrected chi connectivity index (χ2v) is 4.10. The minimum atomic E-state index is 0.337. The zero-order chi connectivity index (χ0) is 13.7. The summed E-state index contributed by atoms with van der Waals surface area (Å²) in [5.41, 5.74) is 1.87. The van der Waals surface area contributed by atoms with Crippen molar-refractivity contribution in [3.05, 3.63) is 47.8 Å². The summed E-state index contributed by atoms with van der Waals surface area (Å²) in [5.74, 6) is 2.07. The van der Waals surface area contributed by atoms with Crippen molar-refractivity contribution in [3.8, 4) is 17.2 Å². The topological polar surface area (TPSA) is 40.6 Å². The van der Waals surface area contributed by atoms with Gasteiger partial charge in [0.15, 0.2) is 11.5 Å². The lowest BCUT2D eigenvalue weighted by atomic mass is 10.2. The molecular formula is C15H17NO3. The van der Waals surface area contributed by atoms with E-state index in [2.05, 4.69) is 4.98 Å². The molecule has 1 aromatic carbocycles. The summed E-state index contributed by atoms with van der Waals surface area (Å²) in [6.07, 6.45) is 1.68. The molecule has 0 amide bonds. The summed E-state index contributed by atoms with van der Waals surface area (Å²) in [6, 6.07) is 9.64. The van der Waals surface area contributed by atoms with Crippen LogP contribution in [0, 0.1) is 6.92 Å². The number of aromatic nitrogens is 1. The Morgan fingerprint density at radius 3 is 2.63 bits per heavy atom. The van der Waals surface area contributed by atoms with Crippen molar-refractivity contribution >= 4 is 0 Å². The minimum Gasteiger partial charge on any atom is -0.493 e. The van der Waals surface area contributed by atoms with Gasteiger partial charge >= 0.3 is 0 Å². The van der Waals surface area contributed by atoms with Crippen LogP contribution in [0.4, 0.5) is 0 Å². The van der Waals surface area contributed by atoms with Crippen LogP contribution >= 0.6 is 0 Å². The van der Waals surface area contributed by atoms with E-state index in [1.54, 1.807) is 26.5 Å². The van der Waals surface area contributed by atoms with Gasteiger partial charge in [0.05, 0.1) is 14.2 Å². The third-order valence-electron chi connectivity index (χ3n) is 2.73. The minimum absolute atomic E-state index is 0.337. The van der Waals surface area contributed by atoms with Crippen LogP contribution in [0.2, 0.25) is 0 Å². The normalized spacial score (nSPS) is 10.1. The van der Waals surface area contributed by atoms with E-state index in [-0.39, 0.29) is 0 Å². The highest BCUT2D eigenvalue weighted by atomic mass is 16.5. The van der Waals surface area contributed by atoms with E-state index < -0.39 is 0 Å². The van der Waals surface area contributed by atoms with E-state index in [1.165, 1.54) is 0 Å². The Morgan fingerprint density at radius 2 is 1.95 bits per heavy atom. The quantitative estimate of drug-likeness (QED) is 0.827. The summed E-state index contributed by atoms with van der Waals surface area (Å²) in [6.45, 7) is 2.36. The van der Waals surface area contributed by atoms with Crippen LogP contribution in [0.3, 0.4) is 0 Å². The van der Waals surface area contributed by atoms with E-state index in [0.29, 0.717) is 23.8 Å². The molecule has 100 valence electrons. The lowest BCUT2D eigenvalue weighted by Gasteiger charge is -2.12. The van der Waals surface area contributed by atoms with Crippen molar-refractivity contribution in [3.63, 3.8) is 0 Å². The number of benzene rings is 1. The Hall–Kier alpha value is -2.23. The lowest BCUT2D eigenvalue weighted by molar-refractivity contribution is 0.284. The van der Waals surface area contributed by atoms with Gasteiger partial charge in [0, 0.05) is 12.3 Å². The highest BCUT2D eigenvalue weighted by Gasteiger charge is 2.11. The van der Waals surface area contributed by atoms with Gasteiger partial charge in [-0.25, -0.2) is 0 Å². The molecule has 0 bridgehead atoms. The first-order chi connectivity index (χ1) is 9.24. The molecule has 2 rings (SSSR count). The average Bonchev–Trinajstić information content (AvgIpc) is 2.44. The van der Waals surface area contributed by atoms with Gasteiger partial charge in [0.25, 0.3) is 0 Å². The van der Waals surface area contributed by atoms with Crippen molar-refractivity contribution in [2.24, 2.45) is 0 Å². The van der Waals surface area contributed by atoms with Gasteiger partial charge in [-0.2, -0.15) is 0 Å². The molecule has 0 unspecified atom stereocenters. The first-order valence-electron chi connectivity index (χ1n) is 6.00. The van der Waals surface area contributed by atoms with Crippen LogP contribution < -0.4 is 14.2 Å². The second-order valence-electron chi connectivity index (χ2n) is 4.10. The summed E-state index contributed by atoms with van der Waals surface area (Å²) < 4.78 is 16.3. The smallest absolute Gasteiger partial charge is 0.185 e. The van der Waals surface area contributed by atoms with Gasteiger partial charge in [-0.3, -0.25) is 4.98 Å². The molecule has 0 aliphatic rings. The molecule has 4 heteroatoms. The molecule has 0 saturated heterocycles. The van der Waals surface area contributed by atoms with Crippen LogP contribution in [0.5, 0.6) is 17.2 Å². The zero-order valence-corrected chi connectivity index (χ0v) is 11.3. The molecule has 0 fully saturated rings. The molecule has 0 N–H and O–H groups in total. The molecule has 19 heavy (non-hydrogen) atoms. The number of nitrogens with zero attached hydrogens (tertiary/aromatic N) is 1. The molecule has 0 aliphatic heterocycles. The maximum atomic E-state index is 5.72. The fourth-order valence-corrected chi connectivity index (χ4v) is 1.81. The SMILES string of the molecule is COc1ccnc(COc2cccc(C)c2)c1OC. The molecule has 1 aromatic heterocycles. The fourth-order valence-electron chi connectivity index (χ4n) is 1.81. The van der Waals surface area contributed by atoms with Gasteiger partial charge < -0.3 is 14.2 Å². The van der Waals surface area contributed by atoms with E-state index in [9.17, 15) is 0 Å². The Kier molecular flexibility index (Phi) is 4.23. The summed E-state index contributed by atoms with van der Waals surface area (Å²) in [4.78, 5) is 4.27. The first-order valence-corrected chi connectivity index (χ1v) is 6.00. The predicted molar refractivity (Wildman–Crippen MR) is 72.9 cm³/mol. The van der Waals surface area contributed by atoms with Crippen molar-refractivity contribution in [1.82, 2.24) is 4.98 Å². The third-order valence-corrected chi connectivity index (χ3v) is 2.73. The summed E-state index contributed by atoms with van der Waals surface area (Å²) in [7, 11) is 3.19. The number of pyridine rings is 1. The zero-order valence-electron chi connectivity index (χ0n) is 11.3. The molecule has 0 saturated carbocycles. The molecule has 0 spiro atoms. The van der Waals surface area contributed by atoms with Crippen LogP contribution in [0.1, 0.15) is 11.3 Å². The van der Waals surface area contributed by atoms with E-state index in [0.717, 1.165) is 11.3 Å². The molecule has 0 atom stereocenters. The van der Waals surface area contributed by atoms with Gasteiger partial charge in [-0.05, 0) is 24.6 Å². The molecule has 2 aromatic rings. The van der Waals surface area contributed by atoms with Gasteiger partial charge in [0.1, 0.15) is 18.1 Å². The van der Waals surface area contributed by atoms with Gasteiger partial charge in [0.2, 0.25) is 0 Å². The molecular weight excluding hydrogens is 242 g/mol. The fraction of sp³-hybridized carbons (Fsp3) is 0.267. The third kappa shape index (κ3) is 3.16. The molecule has 0 aliphatic carbocycles. The highest BCUT2D eigenvalue weighted by Crippen LogP contribution is 2.29. The van der Waals surface area contributed by atoms with Crippen molar-refractivity contribution < 1.29 is 14.2 Å². The Balaban J connectivity index is 2.15. The van der Waals surface area contributed by atoms with E-state index >= 15 is 0 Å². The van der Waals surface area contributed by atoms with Gasteiger partial charge in [-0.15, -0.1) is 0 Å². The van der Waals surface area contributed by atoms with Crippen LogP contribution in [0.25, 0.3) is 0 Å². The Morgan fingerprint density at radius 1 is 1.11 bits per heavy atom. The molecule has 1 heterocycles. The number of ether oxygens (including phenoxy) is 3. The maximum Gasteiger partial charge on any atom is 0.185 e. The summed E-state index contributed by atoms with van der Waals surface area (Å²) in [5, 5.41) is 0. The molecule has 0 radical (unpaired) electrons. The van der Waals surface area contributed by atoms with E-state index in [4.69, 9.17) is 14.2 Å². The number of rotatable bonds is 5. The lowest BCUT2D eigenvalue weighted by Crippen LogP contribution is -2.03. The van der Waals surface area contributed by atoms with Crippen LogP contribution in [-0.4, -0.2) is 19.2 Å². The number of methoxy groups -OCH3 is 2. The first kappa shape index (κ1) is 13.2. The van der Waals surface area contributed by atoms with Gasteiger partial charge in [-0.1, -0.05) is 12.1 Å². The number of aryl methyl sites for hydroxylation is 1. The Bertz CT molecular complexity index is 555. The largest absolute Gasteiger partial charge is 0.493 e.